The molecule has 2 heterocycles. The van der Waals surface area contributed by atoms with E-state index >= 15 is 0 Å². The quantitative estimate of drug-likeness (QED) is 0.573. The van der Waals surface area contributed by atoms with Gasteiger partial charge < -0.3 is 9.38 Å². The Kier molecular flexibility index (Phi) is 9.43. The highest BCUT2D eigenvalue weighted by Crippen LogP contribution is 1.94. The van der Waals surface area contributed by atoms with Gasteiger partial charge in [0.25, 0.3) is 0 Å². The van der Waals surface area contributed by atoms with Crippen molar-refractivity contribution in [2.75, 3.05) is 47.3 Å². The van der Waals surface area contributed by atoms with E-state index in [-0.39, 0.29) is 0 Å². The van der Waals surface area contributed by atoms with Crippen molar-refractivity contribution in [3.8, 4) is 0 Å². The predicted octanol–water partition coefficient (Wildman–Crippen LogP) is 0.691. The molecule has 2 rings (SSSR count). The van der Waals surface area contributed by atoms with Gasteiger partial charge in [0.05, 0.1) is 21.1 Å². The molecule has 20 heavy (non-hydrogen) atoms. The van der Waals surface area contributed by atoms with Gasteiger partial charge in [-0.25, -0.2) is 4.57 Å². The standard InChI is InChI=1S/C8H12N.C7H17N2.C2H6/c1-3-8-5-4-6-9(2)7-8;1-8-4-6-9(2,3)7-5-8;1-2/h4-7H,3H2,1-2H3;4-7H2,1-3H3;1-2H3/q2*+1;/p+1. The van der Waals surface area contributed by atoms with E-state index in [2.05, 4.69) is 51.0 Å². The Balaban J connectivity index is 0.000000321. The van der Waals surface area contributed by atoms with Crippen LogP contribution in [0.5, 0.6) is 0 Å². The van der Waals surface area contributed by atoms with E-state index in [0.29, 0.717) is 0 Å². The number of aromatic nitrogens is 1. The van der Waals surface area contributed by atoms with Crippen molar-refractivity contribution in [1.82, 2.24) is 0 Å². The van der Waals surface area contributed by atoms with Gasteiger partial charge in [-0.2, -0.15) is 0 Å². The van der Waals surface area contributed by atoms with Crippen molar-refractivity contribution >= 4 is 0 Å². The van der Waals surface area contributed by atoms with Gasteiger partial charge in [0.15, 0.2) is 12.4 Å². The topological polar surface area (TPSA) is 8.32 Å². The first-order chi connectivity index (χ1) is 9.43. The minimum absolute atomic E-state index is 1.12. The van der Waals surface area contributed by atoms with Crippen LogP contribution in [0, 0.1) is 0 Å². The summed E-state index contributed by atoms with van der Waals surface area (Å²) in [7, 11) is 8.94. The van der Waals surface area contributed by atoms with Crippen LogP contribution in [-0.4, -0.2) is 51.8 Å². The molecule has 1 aromatic heterocycles. The van der Waals surface area contributed by atoms with Crippen LogP contribution < -0.4 is 9.47 Å². The summed E-state index contributed by atoms with van der Waals surface area (Å²) in [6, 6.07) is 4.21. The highest BCUT2D eigenvalue weighted by Gasteiger charge is 2.24. The number of pyridine rings is 1. The normalized spacial score (nSPS) is 17.4. The summed E-state index contributed by atoms with van der Waals surface area (Å²) in [5, 5.41) is 0. The fourth-order valence-electron chi connectivity index (χ4n) is 2.08. The van der Waals surface area contributed by atoms with Gasteiger partial charge in [0.2, 0.25) is 0 Å². The van der Waals surface area contributed by atoms with E-state index in [1.165, 1.54) is 36.2 Å². The van der Waals surface area contributed by atoms with E-state index in [4.69, 9.17) is 0 Å². The first-order valence-electron chi connectivity index (χ1n) is 8.00. The van der Waals surface area contributed by atoms with Crippen LogP contribution in [0.1, 0.15) is 26.3 Å². The van der Waals surface area contributed by atoms with E-state index in [1.54, 1.807) is 4.90 Å². The van der Waals surface area contributed by atoms with Crippen LogP contribution in [0.25, 0.3) is 0 Å². The Labute approximate surface area is 126 Å². The lowest BCUT2D eigenvalue weighted by molar-refractivity contribution is -0.996. The minimum atomic E-state index is 1.12. The van der Waals surface area contributed by atoms with Crippen molar-refractivity contribution in [3.63, 3.8) is 0 Å². The molecule has 1 fully saturated rings. The molecule has 1 aliphatic rings. The van der Waals surface area contributed by atoms with Crippen LogP contribution in [0.15, 0.2) is 24.5 Å². The Morgan fingerprint density at radius 1 is 1.20 bits per heavy atom. The van der Waals surface area contributed by atoms with E-state index < -0.39 is 0 Å². The molecule has 0 atom stereocenters. The third-order valence-corrected chi connectivity index (χ3v) is 3.70. The zero-order chi connectivity index (χ0) is 15.6. The number of likely N-dealkylation sites (N-methyl/N-ethyl adjacent to an activating group) is 2. The molecule has 1 saturated heterocycles. The summed E-state index contributed by atoms with van der Waals surface area (Å²) < 4.78 is 3.29. The lowest BCUT2D eigenvalue weighted by Gasteiger charge is -2.35. The number of hydrogen-bond acceptors (Lipinski definition) is 0. The minimum Gasteiger partial charge on any atom is -0.328 e. The van der Waals surface area contributed by atoms with Crippen molar-refractivity contribution in [1.29, 1.82) is 0 Å². The lowest BCUT2D eigenvalue weighted by Crippen LogP contribution is -3.12. The summed E-state index contributed by atoms with van der Waals surface area (Å²) in [4.78, 5) is 1.69. The van der Waals surface area contributed by atoms with Crippen molar-refractivity contribution in [2.24, 2.45) is 7.05 Å². The van der Waals surface area contributed by atoms with Gasteiger partial charge in [-0.05, 0) is 12.5 Å². The second-order valence-corrected chi connectivity index (χ2v) is 6.07. The summed E-state index contributed by atoms with van der Waals surface area (Å²) in [6.45, 7) is 11.5. The van der Waals surface area contributed by atoms with Gasteiger partial charge in [0.1, 0.15) is 33.2 Å². The maximum atomic E-state index is 2.31. The lowest BCUT2D eigenvalue weighted by atomic mass is 10.2. The second kappa shape index (κ2) is 9.89. The molecule has 1 N–H and O–H groups in total. The molecule has 0 amide bonds. The van der Waals surface area contributed by atoms with E-state index in [0.717, 1.165) is 6.42 Å². The molecule has 0 radical (unpaired) electrons. The number of aryl methyl sites for hydroxylation is 2. The molecule has 1 aliphatic heterocycles. The maximum Gasteiger partial charge on any atom is 0.171 e. The van der Waals surface area contributed by atoms with Gasteiger partial charge >= 0.3 is 0 Å². The Morgan fingerprint density at radius 3 is 2.10 bits per heavy atom. The van der Waals surface area contributed by atoms with Crippen LogP contribution >= 0.6 is 0 Å². The van der Waals surface area contributed by atoms with Gasteiger partial charge in [-0.15, -0.1) is 0 Å². The molecule has 0 aliphatic carbocycles. The maximum absolute atomic E-state index is 2.31. The zero-order valence-corrected chi connectivity index (χ0v) is 14.7. The molecule has 0 saturated carbocycles. The molecule has 1 aromatic rings. The number of quaternary nitrogens is 2. The summed E-state index contributed by atoms with van der Waals surface area (Å²) in [5.41, 5.74) is 1.39. The highest BCUT2D eigenvalue weighted by atomic mass is 15.4. The first-order valence-corrected chi connectivity index (χ1v) is 8.00. The van der Waals surface area contributed by atoms with Crippen LogP contribution in [0.2, 0.25) is 0 Å². The summed E-state index contributed by atoms with van der Waals surface area (Å²) in [5.74, 6) is 0. The molecular weight excluding hydrogens is 246 g/mol. The average molecular weight is 282 g/mol. The average Bonchev–Trinajstić information content (AvgIpc) is 2.45. The Bertz CT molecular complexity index is 351. The molecule has 0 spiro atoms. The molecular formula is C17H36N3+3. The van der Waals surface area contributed by atoms with Gasteiger partial charge in [-0.3, -0.25) is 0 Å². The highest BCUT2D eigenvalue weighted by molar-refractivity contribution is 5.04. The van der Waals surface area contributed by atoms with Crippen LogP contribution in [0.4, 0.5) is 0 Å². The molecule has 3 heteroatoms. The van der Waals surface area contributed by atoms with Gasteiger partial charge in [-0.1, -0.05) is 20.8 Å². The number of piperazine rings is 1. The van der Waals surface area contributed by atoms with Crippen molar-refractivity contribution in [2.45, 2.75) is 27.2 Å². The summed E-state index contributed by atoms with van der Waals surface area (Å²) in [6.07, 6.45) is 5.30. The fraction of sp³-hybridized carbons (Fsp3) is 0.706. The largest absolute Gasteiger partial charge is 0.328 e. The smallest absolute Gasteiger partial charge is 0.171 e. The van der Waals surface area contributed by atoms with E-state index in [9.17, 15) is 0 Å². The second-order valence-electron chi connectivity index (χ2n) is 6.07. The number of nitrogens with zero attached hydrogens (tertiary/aromatic N) is 2. The molecule has 116 valence electrons. The Morgan fingerprint density at radius 2 is 1.75 bits per heavy atom. The zero-order valence-electron chi connectivity index (χ0n) is 14.7. The van der Waals surface area contributed by atoms with E-state index in [1.807, 2.05) is 27.1 Å². The molecule has 0 aromatic carbocycles. The SMILES string of the molecule is CC.CCc1ccc[n+](C)c1.C[NH+]1CC[N+](C)(C)CC1. The molecule has 3 nitrogen and oxygen atoms in total. The van der Waals surface area contributed by atoms with Crippen LogP contribution in [0.3, 0.4) is 0 Å². The first kappa shape index (κ1) is 19.1. The molecule has 0 unspecified atom stereocenters. The Hall–Kier alpha value is -0.930. The third-order valence-electron chi connectivity index (χ3n) is 3.70. The number of nitrogens with one attached hydrogen (secondary N) is 1. The summed E-state index contributed by atoms with van der Waals surface area (Å²) >= 11 is 0. The number of hydrogen-bond donors (Lipinski definition) is 1. The monoisotopic (exact) mass is 282 g/mol. The third kappa shape index (κ3) is 8.28. The van der Waals surface area contributed by atoms with Crippen LogP contribution in [-0.2, 0) is 13.5 Å². The van der Waals surface area contributed by atoms with Crippen molar-refractivity contribution < 1.29 is 14.0 Å². The van der Waals surface area contributed by atoms with Crippen molar-refractivity contribution in [3.05, 3.63) is 30.1 Å². The predicted molar refractivity (Wildman–Crippen MR) is 86.8 cm³/mol. The number of rotatable bonds is 1. The van der Waals surface area contributed by atoms with Gasteiger partial charge in [0, 0.05) is 11.6 Å². The fourth-order valence-corrected chi connectivity index (χ4v) is 2.08. The molecule has 0 bridgehead atoms.